The van der Waals surface area contributed by atoms with Crippen molar-refractivity contribution in [2.45, 2.75) is 46.6 Å². The van der Waals surface area contributed by atoms with Gasteiger partial charge in [0.15, 0.2) is 11.6 Å². The number of rotatable bonds is 7. The van der Waals surface area contributed by atoms with Gasteiger partial charge in [-0.25, -0.2) is 9.97 Å². The highest BCUT2D eigenvalue weighted by molar-refractivity contribution is 5.20. The van der Waals surface area contributed by atoms with E-state index in [4.69, 9.17) is 0 Å². The first-order valence-corrected chi connectivity index (χ1v) is 7.25. The molecule has 0 unspecified atom stereocenters. The smallest absolute Gasteiger partial charge is 0.174 e. The van der Waals surface area contributed by atoms with Crippen LogP contribution in [0.15, 0.2) is 12.4 Å². The fourth-order valence-electron chi connectivity index (χ4n) is 1.93. The lowest BCUT2D eigenvalue weighted by molar-refractivity contribution is 0.656. The molecule has 108 valence electrons. The molecule has 1 N–H and O–H groups in total. The quantitative estimate of drug-likeness (QED) is 0.778. The first-order chi connectivity index (χ1) is 9.78. The Morgan fingerprint density at radius 1 is 1.10 bits per heavy atom. The van der Waals surface area contributed by atoms with E-state index in [1.807, 2.05) is 0 Å². The average Bonchev–Trinajstić information content (AvgIpc) is 2.91. The van der Waals surface area contributed by atoms with E-state index < -0.39 is 0 Å². The third-order valence-corrected chi connectivity index (χ3v) is 2.97. The Labute approximate surface area is 119 Å². The van der Waals surface area contributed by atoms with E-state index in [1.165, 1.54) is 0 Å². The summed E-state index contributed by atoms with van der Waals surface area (Å²) in [6.45, 7) is 7.97. The number of hydrogen-bond donors (Lipinski definition) is 1. The zero-order valence-corrected chi connectivity index (χ0v) is 12.4. The molecule has 0 aromatic carbocycles. The van der Waals surface area contributed by atoms with E-state index in [-0.39, 0.29) is 0 Å². The molecule has 6 heteroatoms. The summed E-state index contributed by atoms with van der Waals surface area (Å²) >= 11 is 0. The lowest BCUT2D eigenvalue weighted by Crippen LogP contribution is -2.16. The maximum absolute atomic E-state index is 4.61. The Bertz CT molecular complexity index is 548. The highest BCUT2D eigenvalue weighted by Crippen LogP contribution is 2.08. The molecule has 0 saturated heterocycles. The van der Waals surface area contributed by atoms with Crippen molar-refractivity contribution in [1.29, 1.82) is 0 Å². The van der Waals surface area contributed by atoms with Gasteiger partial charge in [-0.05, 0) is 13.0 Å². The van der Waals surface area contributed by atoms with Crippen LogP contribution in [0.25, 0.3) is 5.82 Å². The first-order valence-electron chi connectivity index (χ1n) is 7.25. The minimum atomic E-state index is 0.728. The van der Waals surface area contributed by atoms with Crippen molar-refractivity contribution in [1.82, 2.24) is 30.0 Å². The van der Waals surface area contributed by atoms with Gasteiger partial charge in [0.1, 0.15) is 5.82 Å². The van der Waals surface area contributed by atoms with Crippen molar-refractivity contribution in [2.24, 2.45) is 0 Å². The van der Waals surface area contributed by atoms with E-state index in [0.717, 1.165) is 55.5 Å². The maximum Gasteiger partial charge on any atom is 0.174 e. The Balaban J connectivity index is 2.23. The fraction of sp³-hybridized carbons (Fsp3) is 0.571. The summed E-state index contributed by atoms with van der Waals surface area (Å²) in [5, 5.41) is 7.82. The van der Waals surface area contributed by atoms with Crippen LogP contribution in [-0.2, 0) is 19.4 Å². The Morgan fingerprint density at radius 2 is 1.95 bits per heavy atom. The predicted octanol–water partition coefficient (Wildman–Crippen LogP) is 1.68. The number of aryl methyl sites for hydroxylation is 2. The van der Waals surface area contributed by atoms with Gasteiger partial charge in [0.2, 0.25) is 0 Å². The van der Waals surface area contributed by atoms with Gasteiger partial charge in [-0.15, -0.1) is 5.10 Å². The molecule has 0 fully saturated rings. The van der Waals surface area contributed by atoms with Gasteiger partial charge in [-0.1, -0.05) is 20.8 Å². The molecule has 2 aromatic heterocycles. The van der Waals surface area contributed by atoms with E-state index in [2.05, 4.69) is 46.1 Å². The summed E-state index contributed by atoms with van der Waals surface area (Å²) in [6.07, 6.45) is 6.28. The highest BCUT2D eigenvalue weighted by atomic mass is 15.4. The van der Waals surface area contributed by atoms with Crippen molar-refractivity contribution in [3.05, 3.63) is 29.7 Å². The lowest BCUT2D eigenvalue weighted by Gasteiger charge is -2.06. The number of nitrogens with zero attached hydrogens (tertiary/aromatic N) is 5. The van der Waals surface area contributed by atoms with Gasteiger partial charge < -0.3 is 5.32 Å². The zero-order chi connectivity index (χ0) is 14.4. The second-order valence-corrected chi connectivity index (χ2v) is 4.61. The molecule has 2 rings (SSSR count). The van der Waals surface area contributed by atoms with E-state index in [0.29, 0.717) is 0 Å². The number of hydrogen-bond acceptors (Lipinski definition) is 5. The van der Waals surface area contributed by atoms with Crippen LogP contribution in [0.3, 0.4) is 0 Å². The van der Waals surface area contributed by atoms with Crippen LogP contribution in [0.2, 0.25) is 0 Å². The minimum Gasteiger partial charge on any atom is -0.311 e. The topological polar surface area (TPSA) is 68.5 Å². The van der Waals surface area contributed by atoms with Gasteiger partial charge in [0, 0.05) is 25.6 Å². The molecule has 6 nitrogen and oxygen atoms in total. The third kappa shape index (κ3) is 3.39. The molecule has 0 aliphatic carbocycles. The molecule has 0 amide bonds. The molecule has 2 heterocycles. The molecule has 20 heavy (non-hydrogen) atoms. The van der Waals surface area contributed by atoms with Gasteiger partial charge in [0.25, 0.3) is 0 Å². The van der Waals surface area contributed by atoms with Gasteiger partial charge in [-0.3, -0.25) is 4.98 Å². The van der Waals surface area contributed by atoms with E-state index in [9.17, 15) is 0 Å². The number of aromatic nitrogens is 5. The van der Waals surface area contributed by atoms with Gasteiger partial charge >= 0.3 is 0 Å². The first kappa shape index (κ1) is 14.6. The highest BCUT2D eigenvalue weighted by Gasteiger charge is 2.10. The van der Waals surface area contributed by atoms with Crippen molar-refractivity contribution in [2.75, 3.05) is 6.54 Å². The molecule has 0 aliphatic heterocycles. The summed E-state index contributed by atoms with van der Waals surface area (Å²) in [4.78, 5) is 13.4. The van der Waals surface area contributed by atoms with Gasteiger partial charge in [-0.2, -0.15) is 4.68 Å². The molecule has 0 bridgehead atoms. The van der Waals surface area contributed by atoms with E-state index in [1.54, 1.807) is 17.1 Å². The van der Waals surface area contributed by atoms with Crippen molar-refractivity contribution < 1.29 is 0 Å². The largest absolute Gasteiger partial charge is 0.311 e. The van der Waals surface area contributed by atoms with Crippen LogP contribution < -0.4 is 5.32 Å². The monoisotopic (exact) mass is 274 g/mol. The SMILES string of the molecule is CCCNCc1cncc(-n2nc(CC)nc2CC)n1. The molecule has 0 saturated carbocycles. The fourth-order valence-corrected chi connectivity index (χ4v) is 1.93. The zero-order valence-electron chi connectivity index (χ0n) is 12.4. The summed E-state index contributed by atoms with van der Waals surface area (Å²) in [5.74, 6) is 2.51. The molecular weight excluding hydrogens is 252 g/mol. The van der Waals surface area contributed by atoms with Crippen LogP contribution in [0, 0.1) is 0 Å². The molecule has 0 spiro atoms. The summed E-state index contributed by atoms with van der Waals surface area (Å²) in [6, 6.07) is 0. The standard InChI is InChI=1S/C14H22N6/c1-4-7-15-8-11-9-16-10-14(17-11)20-13(6-3)18-12(5-2)19-20/h9-10,15H,4-8H2,1-3H3. The average molecular weight is 274 g/mol. The minimum absolute atomic E-state index is 0.728. The van der Waals surface area contributed by atoms with Crippen LogP contribution in [0.5, 0.6) is 0 Å². The third-order valence-electron chi connectivity index (χ3n) is 2.97. The van der Waals surface area contributed by atoms with Crippen LogP contribution >= 0.6 is 0 Å². The van der Waals surface area contributed by atoms with Gasteiger partial charge in [0.05, 0.1) is 11.9 Å². The molecule has 2 aromatic rings. The predicted molar refractivity (Wildman–Crippen MR) is 77.7 cm³/mol. The molecule has 0 atom stereocenters. The second kappa shape index (κ2) is 7.09. The summed E-state index contributed by atoms with van der Waals surface area (Å²) in [7, 11) is 0. The van der Waals surface area contributed by atoms with E-state index >= 15 is 0 Å². The normalized spacial score (nSPS) is 10.9. The van der Waals surface area contributed by atoms with Crippen molar-refractivity contribution in [3.63, 3.8) is 0 Å². The van der Waals surface area contributed by atoms with Crippen LogP contribution in [0.1, 0.15) is 44.5 Å². The van der Waals surface area contributed by atoms with Crippen LogP contribution in [0.4, 0.5) is 0 Å². The second-order valence-electron chi connectivity index (χ2n) is 4.61. The van der Waals surface area contributed by atoms with Crippen molar-refractivity contribution in [3.8, 4) is 5.82 Å². The Kier molecular flexibility index (Phi) is 5.17. The Hall–Kier alpha value is -1.82. The molecule has 0 aliphatic rings. The number of nitrogens with one attached hydrogen (secondary N) is 1. The molecular formula is C14H22N6. The summed E-state index contributed by atoms with van der Waals surface area (Å²) < 4.78 is 1.80. The molecule has 0 radical (unpaired) electrons. The Morgan fingerprint density at radius 3 is 2.65 bits per heavy atom. The lowest BCUT2D eigenvalue weighted by atomic mass is 10.4. The van der Waals surface area contributed by atoms with Crippen molar-refractivity contribution >= 4 is 0 Å². The summed E-state index contributed by atoms with van der Waals surface area (Å²) in [5.41, 5.74) is 0.923. The maximum atomic E-state index is 4.61. The van der Waals surface area contributed by atoms with Crippen LogP contribution in [-0.4, -0.2) is 31.3 Å².